The van der Waals surface area contributed by atoms with Crippen molar-refractivity contribution < 1.29 is 4.79 Å². The smallest absolute Gasteiger partial charge is 0.182 e. The molecule has 1 saturated carbocycles. The number of aromatic nitrogens is 2. The van der Waals surface area contributed by atoms with Crippen LogP contribution in [0.4, 0.5) is 0 Å². The van der Waals surface area contributed by atoms with E-state index in [1.807, 2.05) is 14.1 Å². The van der Waals surface area contributed by atoms with E-state index in [2.05, 4.69) is 25.9 Å². The van der Waals surface area contributed by atoms with E-state index in [-0.39, 0.29) is 11.2 Å². The standard InChI is InChI=1S/C14H23BrN4O/c1-18(2)6-7-19-13(11(15)9-17-19)12(20)8-14(10-16)4-3-5-14/h9H,3-8,10,16H2,1-2H3. The zero-order valence-corrected chi connectivity index (χ0v) is 13.8. The number of ketones is 1. The molecule has 6 heteroatoms. The molecule has 1 heterocycles. The summed E-state index contributed by atoms with van der Waals surface area (Å²) in [5.41, 5.74) is 6.57. The highest BCUT2D eigenvalue weighted by atomic mass is 79.9. The lowest BCUT2D eigenvalue weighted by atomic mass is 9.66. The normalized spacial score (nSPS) is 17.2. The highest BCUT2D eigenvalue weighted by molar-refractivity contribution is 9.10. The van der Waals surface area contributed by atoms with Crippen LogP contribution in [0.15, 0.2) is 10.7 Å². The molecule has 0 bridgehead atoms. The van der Waals surface area contributed by atoms with Crippen molar-refractivity contribution in [3.8, 4) is 0 Å². The van der Waals surface area contributed by atoms with Gasteiger partial charge in [0.15, 0.2) is 5.78 Å². The lowest BCUT2D eigenvalue weighted by Crippen LogP contribution is -2.39. The largest absolute Gasteiger partial charge is 0.330 e. The molecule has 1 aliphatic rings. The van der Waals surface area contributed by atoms with Crippen LogP contribution >= 0.6 is 15.9 Å². The third-order valence-electron chi connectivity index (χ3n) is 4.20. The Kier molecular flexibility index (Phi) is 4.99. The molecule has 0 radical (unpaired) electrons. The molecule has 1 aromatic rings. The first-order valence-corrected chi connectivity index (χ1v) is 7.86. The fraction of sp³-hybridized carbons (Fsp3) is 0.714. The number of nitrogens with two attached hydrogens (primary N) is 1. The minimum Gasteiger partial charge on any atom is -0.330 e. The van der Waals surface area contributed by atoms with E-state index in [1.165, 1.54) is 6.42 Å². The molecule has 0 aromatic carbocycles. The molecular weight excluding hydrogens is 320 g/mol. The van der Waals surface area contributed by atoms with Crippen molar-refractivity contribution >= 4 is 21.7 Å². The summed E-state index contributed by atoms with van der Waals surface area (Å²) in [4.78, 5) is 14.7. The maximum absolute atomic E-state index is 12.6. The Morgan fingerprint density at radius 2 is 2.25 bits per heavy atom. The average Bonchev–Trinajstić information content (AvgIpc) is 2.72. The molecule has 1 aromatic heterocycles. The number of Topliss-reactive ketones (excluding diaryl/α,β-unsaturated/α-hetero) is 1. The number of hydrogen-bond acceptors (Lipinski definition) is 4. The summed E-state index contributed by atoms with van der Waals surface area (Å²) >= 11 is 3.45. The third kappa shape index (κ3) is 3.30. The first-order chi connectivity index (χ1) is 9.47. The van der Waals surface area contributed by atoms with E-state index in [0.29, 0.717) is 18.7 Å². The van der Waals surface area contributed by atoms with Gasteiger partial charge in [-0.15, -0.1) is 0 Å². The summed E-state index contributed by atoms with van der Waals surface area (Å²) in [5, 5.41) is 4.30. The molecule has 2 rings (SSSR count). The summed E-state index contributed by atoms with van der Waals surface area (Å²) in [5.74, 6) is 0.151. The average molecular weight is 343 g/mol. The Labute approximate surface area is 128 Å². The van der Waals surface area contributed by atoms with Crippen LogP contribution in [-0.4, -0.2) is 47.6 Å². The predicted octanol–water partition coefficient (Wildman–Crippen LogP) is 1.91. The number of halogens is 1. The minimum atomic E-state index is 0.0349. The monoisotopic (exact) mass is 342 g/mol. The minimum absolute atomic E-state index is 0.0349. The van der Waals surface area contributed by atoms with Gasteiger partial charge >= 0.3 is 0 Å². The topological polar surface area (TPSA) is 64.2 Å². The van der Waals surface area contributed by atoms with E-state index < -0.39 is 0 Å². The first kappa shape index (κ1) is 15.7. The second-order valence-electron chi connectivity index (χ2n) is 6.03. The fourth-order valence-electron chi connectivity index (χ4n) is 2.66. The van der Waals surface area contributed by atoms with Crippen molar-refractivity contribution in [3.05, 3.63) is 16.4 Å². The quantitative estimate of drug-likeness (QED) is 0.768. The van der Waals surface area contributed by atoms with Gasteiger partial charge in [-0.3, -0.25) is 9.48 Å². The summed E-state index contributed by atoms with van der Waals surface area (Å²) in [6, 6.07) is 0. The Hall–Kier alpha value is -0.720. The van der Waals surface area contributed by atoms with Gasteiger partial charge in [0, 0.05) is 13.0 Å². The molecule has 1 aliphatic carbocycles. The second kappa shape index (κ2) is 6.37. The lowest BCUT2D eigenvalue weighted by molar-refractivity contribution is 0.0774. The molecule has 0 unspecified atom stereocenters. The Balaban J connectivity index is 2.10. The summed E-state index contributed by atoms with van der Waals surface area (Å²) in [6.45, 7) is 2.17. The highest BCUT2D eigenvalue weighted by Gasteiger charge is 2.38. The third-order valence-corrected chi connectivity index (χ3v) is 4.78. The van der Waals surface area contributed by atoms with Gasteiger partial charge in [0.2, 0.25) is 0 Å². The van der Waals surface area contributed by atoms with Crippen LogP contribution in [-0.2, 0) is 6.54 Å². The molecule has 112 valence electrons. The Morgan fingerprint density at radius 3 is 2.75 bits per heavy atom. The molecule has 2 N–H and O–H groups in total. The number of likely N-dealkylation sites (N-methyl/N-ethyl adjacent to an activating group) is 1. The van der Waals surface area contributed by atoms with Gasteiger partial charge < -0.3 is 10.6 Å². The number of carbonyl (C=O) groups is 1. The molecule has 0 saturated heterocycles. The second-order valence-corrected chi connectivity index (χ2v) is 6.88. The maximum Gasteiger partial charge on any atom is 0.182 e. The molecule has 0 amide bonds. The van der Waals surface area contributed by atoms with Gasteiger partial charge in [0.1, 0.15) is 5.69 Å². The van der Waals surface area contributed by atoms with Crippen LogP contribution < -0.4 is 5.73 Å². The van der Waals surface area contributed by atoms with Gasteiger partial charge in [0.05, 0.1) is 17.2 Å². The zero-order chi connectivity index (χ0) is 14.8. The van der Waals surface area contributed by atoms with Gasteiger partial charge in [-0.05, 0) is 54.8 Å². The fourth-order valence-corrected chi connectivity index (χ4v) is 3.18. The maximum atomic E-state index is 12.6. The molecule has 0 aliphatic heterocycles. The summed E-state index contributed by atoms with van der Waals surface area (Å²) in [6.07, 6.45) is 5.57. The van der Waals surface area contributed by atoms with Crippen LogP contribution in [0.25, 0.3) is 0 Å². The highest BCUT2D eigenvalue weighted by Crippen LogP contribution is 2.43. The molecular formula is C14H23BrN4O. The van der Waals surface area contributed by atoms with Gasteiger partial charge in [-0.2, -0.15) is 5.10 Å². The molecule has 1 fully saturated rings. The number of nitrogens with zero attached hydrogens (tertiary/aromatic N) is 3. The number of carbonyl (C=O) groups excluding carboxylic acids is 1. The van der Waals surface area contributed by atoms with E-state index in [9.17, 15) is 4.79 Å². The van der Waals surface area contributed by atoms with Gasteiger partial charge in [0.25, 0.3) is 0 Å². The van der Waals surface area contributed by atoms with Crippen LogP contribution in [0.5, 0.6) is 0 Å². The van der Waals surface area contributed by atoms with Crippen molar-refractivity contribution in [1.82, 2.24) is 14.7 Å². The molecule has 0 atom stereocenters. The molecule has 0 spiro atoms. The van der Waals surface area contributed by atoms with Crippen molar-refractivity contribution in [1.29, 1.82) is 0 Å². The van der Waals surface area contributed by atoms with Gasteiger partial charge in [-0.1, -0.05) is 6.42 Å². The van der Waals surface area contributed by atoms with Crippen molar-refractivity contribution in [2.45, 2.75) is 32.2 Å². The Morgan fingerprint density at radius 1 is 1.55 bits per heavy atom. The van der Waals surface area contributed by atoms with Crippen LogP contribution in [0.2, 0.25) is 0 Å². The first-order valence-electron chi connectivity index (χ1n) is 7.07. The SMILES string of the molecule is CN(C)CCn1ncc(Br)c1C(=O)CC1(CN)CCC1. The van der Waals surface area contributed by atoms with Crippen molar-refractivity contribution in [3.63, 3.8) is 0 Å². The molecule has 5 nitrogen and oxygen atoms in total. The van der Waals surface area contributed by atoms with Crippen LogP contribution in [0.3, 0.4) is 0 Å². The molecule has 20 heavy (non-hydrogen) atoms. The number of rotatable bonds is 7. The Bertz CT molecular complexity index is 474. The lowest BCUT2D eigenvalue weighted by Gasteiger charge is -2.40. The number of hydrogen-bond donors (Lipinski definition) is 1. The van der Waals surface area contributed by atoms with Crippen molar-refractivity contribution in [2.75, 3.05) is 27.2 Å². The van der Waals surface area contributed by atoms with E-state index in [0.717, 1.165) is 30.4 Å². The summed E-state index contributed by atoms with van der Waals surface area (Å²) in [7, 11) is 4.02. The van der Waals surface area contributed by atoms with E-state index in [1.54, 1.807) is 10.9 Å². The van der Waals surface area contributed by atoms with Crippen LogP contribution in [0.1, 0.15) is 36.2 Å². The van der Waals surface area contributed by atoms with E-state index in [4.69, 9.17) is 5.73 Å². The van der Waals surface area contributed by atoms with Gasteiger partial charge in [-0.25, -0.2) is 0 Å². The van der Waals surface area contributed by atoms with E-state index >= 15 is 0 Å². The van der Waals surface area contributed by atoms with Crippen molar-refractivity contribution in [2.24, 2.45) is 11.1 Å². The van der Waals surface area contributed by atoms with Crippen LogP contribution in [0, 0.1) is 5.41 Å². The predicted molar refractivity (Wildman–Crippen MR) is 82.8 cm³/mol. The summed E-state index contributed by atoms with van der Waals surface area (Å²) < 4.78 is 2.59. The zero-order valence-electron chi connectivity index (χ0n) is 12.2.